The van der Waals surface area contributed by atoms with Crippen molar-refractivity contribution < 1.29 is 13.2 Å². The van der Waals surface area contributed by atoms with Crippen molar-refractivity contribution >= 4 is 11.6 Å². The minimum atomic E-state index is -4.46. The number of hydrogen-bond acceptors (Lipinski definition) is 4. The fourth-order valence-electron chi connectivity index (χ4n) is 2.47. The third-order valence-corrected chi connectivity index (χ3v) is 3.52. The average Bonchev–Trinajstić information content (AvgIpc) is 2.46. The van der Waals surface area contributed by atoms with Crippen LogP contribution in [0.2, 0.25) is 0 Å². The molecular weight excluding hydrogens is 281 g/mol. The van der Waals surface area contributed by atoms with Gasteiger partial charge in [0.05, 0.1) is 0 Å². The van der Waals surface area contributed by atoms with Crippen LogP contribution in [0.3, 0.4) is 0 Å². The van der Waals surface area contributed by atoms with Crippen LogP contribution < -0.4 is 10.6 Å². The molecule has 1 aliphatic heterocycles. The first-order valence-electron chi connectivity index (χ1n) is 6.46. The van der Waals surface area contributed by atoms with Crippen molar-refractivity contribution in [1.82, 2.24) is 9.97 Å². The number of nitrogens with zero attached hydrogens (tertiary/aromatic N) is 3. The Hall–Kier alpha value is -2.31. The molecule has 0 atom stereocenters. The number of alkyl halides is 3. The summed E-state index contributed by atoms with van der Waals surface area (Å²) in [6, 6.07) is 6.46. The number of nitrogen functional groups attached to an aromatic ring is 1. The summed E-state index contributed by atoms with van der Waals surface area (Å²) in [5.74, 6) is 0.0953. The highest BCUT2D eigenvalue weighted by atomic mass is 19.4. The molecule has 1 aliphatic rings. The van der Waals surface area contributed by atoms with Gasteiger partial charge in [-0.1, -0.05) is 12.1 Å². The van der Waals surface area contributed by atoms with Gasteiger partial charge in [-0.15, -0.1) is 0 Å². The second-order valence-electron chi connectivity index (χ2n) is 4.90. The summed E-state index contributed by atoms with van der Waals surface area (Å²) in [6.07, 6.45) is -2.66. The molecule has 0 saturated carbocycles. The zero-order valence-corrected chi connectivity index (χ0v) is 11.1. The Labute approximate surface area is 119 Å². The largest absolute Gasteiger partial charge is 0.433 e. The summed E-state index contributed by atoms with van der Waals surface area (Å²) in [4.78, 5) is 9.31. The predicted molar refractivity (Wildman–Crippen MR) is 72.6 cm³/mol. The molecule has 3 rings (SSSR count). The molecule has 2 aromatic rings. The standard InChI is InChI=1S/C14H13F3N4/c15-14(16,17)12-4-6-19-13(20-12)21-7-5-10-9(8-21)2-1-3-11(10)18/h1-4,6H,5,7-8,18H2. The van der Waals surface area contributed by atoms with E-state index in [1.807, 2.05) is 18.2 Å². The van der Waals surface area contributed by atoms with E-state index < -0.39 is 11.9 Å². The van der Waals surface area contributed by atoms with Crippen molar-refractivity contribution in [3.8, 4) is 0 Å². The Balaban J connectivity index is 1.90. The van der Waals surface area contributed by atoms with Crippen molar-refractivity contribution in [2.75, 3.05) is 17.2 Å². The highest BCUT2D eigenvalue weighted by Gasteiger charge is 2.33. The summed E-state index contributed by atoms with van der Waals surface area (Å²) in [5, 5.41) is 0. The third kappa shape index (κ3) is 2.63. The molecule has 0 amide bonds. The number of nitrogens with two attached hydrogens (primary N) is 1. The van der Waals surface area contributed by atoms with Crippen molar-refractivity contribution in [2.45, 2.75) is 19.1 Å². The van der Waals surface area contributed by atoms with Gasteiger partial charge in [-0.25, -0.2) is 9.97 Å². The quantitative estimate of drug-likeness (QED) is 0.822. The molecule has 2 heterocycles. The van der Waals surface area contributed by atoms with Crippen LogP contribution in [0.1, 0.15) is 16.8 Å². The van der Waals surface area contributed by atoms with Gasteiger partial charge >= 0.3 is 6.18 Å². The van der Waals surface area contributed by atoms with E-state index in [1.165, 1.54) is 0 Å². The van der Waals surface area contributed by atoms with E-state index in [1.54, 1.807) is 4.90 Å². The van der Waals surface area contributed by atoms with E-state index in [0.717, 1.165) is 29.1 Å². The van der Waals surface area contributed by atoms with E-state index >= 15 is 0 Å². The lowest BCUT2D eigenvalue weighted by Crippen LogP contribution is -2.32. The van der Waals surface area contributed by atoms with E-state index in [9.17, 15) is 13.2 Å². The molecule has 1 aromatic heterocycles. The van der Waals surface area contributed by atoms with Crippen molar-refractivity contribution in [3.05, 3.63) is 47.3 Å². The van der Waals surface area contributed by atoms with Crippen molar-refractivity contribution in [1.29, 1.82) is 0 Å². The summed E-state index contributed by atoms with van der Waals surface area (Å²) < 4.78 is 38.1. The molecule has 21 heavy (non-hydrogen) atoms. The van der Waals surface area contributed by atoms with Crippen molar-refractivity contribution in [2.24, 2.45) is 0 Å². The van der Waals surface area contributed by atoms with Gasteiger partial charge in [-0.3, -0.25) is 0 Å². The molecule has 0 spiro atoms. The molecule has 7 heteroatoms. The average molecular weight is 294 g/mol. The summed E-state index contributed by atoms with van der Waals surface area (Å²) in [6.45, 7) is 1.00. The number of anilines is 2. The van der Waals surface area contributed by atoms with E-state index in [2.05, 4.69) is 9.97 Å². The smallest absolute Gasteiger partial charge is 0.398 e. The Morgan fingerprint density at radius 2 is 2.00 bits per heavy atom. The van der Waals surface area contributed by atoms with Gasteiger partial charge in [-0.2, -0.15) is 13.2 Å². The first-order valence-corrected chi connectivity index (χ1v) is 6.46. The molecule has 2 N–H and O–H groups in total. The fourth-order valence-corrected chi connectivity index (χ4v) is 2.47. The zero-order chi connectivity index (χ0) is 15.0. The lowest BCUT2D eigenvalue weighted by Gasteiger charge is -2.29. The van der Waals surface area contributed by atoms with Crippen molar-refractivity contribution in [3.63, 3.8) is 0 Å². The molecule has 0 saturated heterocycles. The van der Waals surface area contributed by atoms with Crippen LogP contribution >= 0.6 is 0 Å². The fraction of sp³-hybridized carbons (Fsp3) is 0.286. The lowest BCUT2D eigenvalue weighted by molar-refractivity contribution is -0.141. The Bertz CT molecular complexity index is 670. The molecule has 0 bridgehead atoms. The van der Waals surface area contributed by atoms with Crippen LogP contribution in [-0.2, 0) is 19.1 Å². The van der Waals surface area contributed by atoms with Gasteiger partial charge in [0.25, 0.3) is 0 Å². The Morgan fingerprint density at radius 3 is 2.76 bits per heavy atom. The summed E-state index contributed by atoms with van der Waals surface area (Å²) in [7, 11) is 0. The number of fused-ring (bicyclic) bond motifs is 1. The van der Waals surface area contributed by atoms with Gasteiger partial charge in [0.2, 0.25) is 5.95 Å². The zero-order valence-electron chi connectivity index (χ0n) is 11.1. The second-order valence-corrected chi connectivity index (χ2v) is 4.90. The number of benzene rings is 1. The van der Waals surface area contributed by atoms with Gasteiger partial charge in [-0.05, 0) is 29.7 Å². The highest BCUT2D eigenvalue weighted by Crippen LogP contribution is 2.30. The third-order valence-electron chi connectivity index (χ3n) is 3.52. The van der Waals surface area contributed by atoms with Gasteiger partial charge in [0.15, 0.2) is 0 Å². The van der Waals surface area contributed by atoms with Gasteiger partial charge < -0.3 is 10.6 Å². The molecule has 1 aromatic carbocycles. The van der Waals surface area contributed by atoms with E-state index in [0.29, 0.717) is 19.5 Å². The first-order chi connectivity index (χ1) is 9.95. The SMILES string of the molecule is Nc1cccc2c1CCN(c1nccc(C(F)(F)F)n1)C2. The van der Waals surface area contributed by atoms with E-state index in [-0.39, 0.29) is 5.95 Å². The molecular formula is C14H13F3N4. The lowest BCUT2D eigenvalue weighted by atomic mass is 9.98. The molecule has 0 unspecified atom stereocenters. The molecule has 0 radical (unpaired) electrons. The molecule has 0 fully saturated rings. The van der Waals surface area contributed by atoms with Crippen LogP contribution in [0, 0.1) is 0 Å². The molecule has 0 aliphatic carbocycles. The number of rotatable bonds is 1. The normalized spacial score (nSPS) is 14.9. The Kier molecular flexibility index (Phi) is 3.19. The monoisotopic (exact) mass is 294 g/mol. The maximum absolute atomic E-state index is 12.7. The topological polar surface area (TPSA) is 55.0 Å². The second kappa shape index (κ2) is 4.91. The highest BCUT2D eigenvalue weighted by molar-refractivity contribution is 5.54. The minimum Gasteiger partial charge on any atom is -0.398 e. The minimum absolute atomic E-state index is 0.0953. The molecule has 4 nitrogen and oxygen atoms in total. The first kappa shape index (κ1) is 13.7. The number of halogens is 3. The van der Waals surface area contributed by atoms with E-state index in [4.69, 9.17) is 5.73 Å². The predicted octanol–water partition coefficient (Wildman–Crippen LogP) is 2.64. The van der Waals surface area contributed by atoms with Crippen LogP contribution in [0.15, 0.2) is 30.5 Å². The maximum atomic E-state index is 12.7. The number of aromatic nitrogens is 2. The summed E-state index contributed by atoms with van der Waals surface area (Å²) >= 11 is 0. The van der Waals surface area contributed by atoms with Gasteiger partial charge in [0.1, 0.15) is 5.69 Å². The van der Waals surface area contributed by atoms with Crippen LogP contribution in [0.5, 0.6) is 0 Å². The number of hydrogen-bond donors (Lipinski definition) is 1. The maximum Gasteiger partial charge on any atom is 0.433 e. The molecule has 110 valence electrons. The van der Waals surface area contributed by atoms with Crippen LogP contribution in [0.4, 0.5) is 24.8 Å². The van der Waals surface area contributed by atoms with Crippen LogP contribution in [0.25, 0.3) is 0 Å². The Morgan fingerprint density at radius 1 is 1.19 bits per heavy atom. The van der Waals surface area contributed by atoms with Gasteiger partial charge in [0, 0.05) is 25.0 Å². The summed E-state index contributed by atoms with van der Waals surface area (Å²) in [5.41, 5.74) is 7.76. The van der Waals surface area contributed by atoms with Crippen LogP contribution in [-0.4, -0.2) is 16.5 Å².